The van der Waals surface area contributed by atoms with Gasteiger partial charge in [-0.3, -0.25) is 0 Å². The molecule has 0 radical (unpaired) electrons. The van der Waals surface area contributed by atoms with E-state index >= 15 is 0 Å². The second-order valence-corrected chi connectivity index (χ2v) is 5.39. The molecule has 0 aliphatic rings. The van der Waals surface area contributed by atoms with Gasteiger partial charge in [0.25, 0.3) is 0 Å². The Morgan fingerprint density at radius 1 is 0.808 bits per heavy atom. The summed E-state index contributed by atoms with van der Waals surface area (Å²) in [5.74, 6) is 2.17. The van der Waals surface area contributed by atoms with E-state index in [9.17, 15) is 10.2 Å². The van der Waals surface area contributed by atoms with Crippen LogP contribution in [0.4, 0.5) is 0 Å². The highest BCUT2D eigenvalue weighted by Crippen LogP contribution is 2.39. The molecular weight excluding hydrogens is 340 g/mol. The Hall–Kier alpha value is -2.64. The summed E-state index contributed by atoms with van der Waals surface area (Å²) in [6.07, 6.45) is -2.06. The summed E-state index contributed by atoms with van der Waals surface area (Å²) in [5, 5.41) is 20.4. The minimum atomic E-state index is -1.12. The van der Waals surface area contributed by atoms with Gasteiger partial charge in [0.15, 0.2) is 29.1 Å². The van der Waals surface area contributed by atoms with Crippen molar-refractivity contribution in [1.82, 2.24) is 0 Å². The number of methoxy groups -OCH3 is 4. The number of aliphatic hydroxyl groups excluding tert-OH is 2. The van der Waals surface area contributed by atoms with E-state index in [-0.39, 0.29) is 0 Å². The van der Waals surface area contributed by atoms with Crippen LogP contribution in [0.15, 0.2) is 36.4 Å². The van der Waals surface area contributed by atoms with Gasteiger partial charge >= 0.3 is 0 Å². The fourth-order valence-corrected chi connectivity index (χ4v) is 2.54. The van der Waals surface area contributed by atoms with E-state index in [1.165, 1.54) is 28.4 Å². The van der Waals surface area contributed by atoms with E-state index in [1.54, 1.807) is 36.4 Å². The lowest BCUT2D eigenvalue weighted by atomic mass is 10.0. The SMILES string of the molecule is COc1ccc([C@@H](O)[C@@H](CO)Oc2c(OC)cccc2OC)cc1OC. The van der Waals surface area contributed by atoms with Gasteiger partial charge in [-0.15, -0.1) is 0 Å². The van der Waals surface area contributed by atoms with Crippen molar-refractivity contribution in [3.63, 3.8) is 0 Å². The van der Waals surface area contributed by atoms with Gasteiger partial charge in [-0.25, -0.2) is 0 Å². The van der Waals surface area contributed by atoms with Gasteiger partial charge in [-0.05, 0) is 29.8 Å². The Bertz CT molecular complexity index is 695. The molecule has 0 heterocycles. The highest BCUT2D eigenvalue weighted by molar-refractivity contribution is 5.51. The minimum Gasteiger partial charge on any atom is -0.493 e. The molecule has 0 unspecified atom stereocenters. The topological polar surface area (TPSA) is 86.6 Å². The largest absolute Gasteiger partial charge is 0.493 e. The van der Waals surface area contributed by atoms with Gasteiger partial charge in [0.1, 0.15) is 6.10 Å². The first-order valence-electron chi connectivity index (χ1n) is 7.98. The van der Waals surface area contributed by atoms with Crippen molar-refractivity contribution >= 4 is 0 Å². The molecule has 142 valence electrons. The molecule has 2 N–H and O–H groups in total. The van der Waals surface area contributed by atoms with Gasteiger partial charge in [0.2, 0.25) is 5.75 Å². The Morgan fingerprint density at radius 2 is 1.38 bits per heavy atom. The third-order valence-corrected chi connectivity index (χ3v) is 3.93. The molecule has 0 amide bonds. The van der Waals surface area contributed by atoms with E-state index in [0.717, 1.165) is 0 Å². The molecule has 0 bridgehead atoms. The van der Waals surface area contributed by atoms with Gasteiger partial charge in [-0.1, -0.05) is 12.1 Å². The number of aliphatic hydroxyl groups is 2. The van der Waals surface area contributed by atoms with E-state index in [1.807, 2.05) is 0 Å². The number of ether oxygens (including phenoxy) is 5. The van der Waals surface area contributed by atoms with Crippen molar-refractivity contribution in [2.75, 3.05) is 35.0 Å². The molecule has 2 aromatic carbocycles. The van der Waals surface area contributed by atoms with Crippen LogP contribution in [0.2, 0.25) is 0 Å². The number of hydrogen-bond donors (Lipinski definition) is 2. The molecule has 7 nitrogen and oxygen atoms in total. The Kier molecular flexibility index (Phi) is 6.94. The molecule has 2 rings (SSSR count). The second-order valence-electron chi connectivity index (χ2n) is 5.39. The molecule has 2 aromatic rings. The van der Waals surface area contributed by atoms with Crippen LogP contribution in [-0.2, 0) is 0 Å². The first-order chi connectivity index (χ1) is 12.6. The molecule has 0 aromatic heterocycles. The first-order valence-corrected chi connectivity index (χ1v) is 7.98. The molecule has 26 heavy (non-hydrogen) atoms. The Balaban J connectivity index is 2.32. The van der Waals surface area contributed by atoms with E-state index in [4.69, 9.17) is 23.7 Å². The third-order valence-electron chi connectivity index (χ3n) is 3.93. The quantitative estimate of drug-likeness (QED) is 0.705. The first kappa shape index (κ1) is 19.7. The summed E-state index contributed by atoms with van der Waals surface area (Å²) in [5.41, 5.74) is 0.510. The zero-order valence-electron chi connectivity index (χ0n) is 15.3. The van der Waals surface area contributed by atoms with Crippen LogP contribution in [0.3, 0.4) is 0 Å². The van der Waals surface area contributed by atoms with E-state index < -0.39 is 18.8 Å². The maximum Gasteiger partial charge on any atom is 0.203 e. The summed E-state index contributed by atoms with van der Waals surface area (Å²) in [6, 6.07) is 10.1. The maximum absolute atomic E-state index is 10.7. The van der Waals surface area contributed by atoms with Crippen molar-refractivity contribution in [2.24, 2.45) is 0 Å². The molecule has 0 spiro atoms. The fourth-order valence-electron chi connectivity index (χ4n) is 2.54. The smallest absolute Gasteiger partial charge is 0.203 e. The summed E-state index contributed by atoms with van der Waals surface area (Å²) in [6.45, 7) is -0.420. The molecule has 0 aliphatic heterocycles. The average Bonchev–Trinajstić information content (AvgIpc) is 2.70. The van der Waals surface area contributed by atoms with Crippen molar-refractivity contribution in [3.8, 4) is 28.7 Å². The predicted octanol–water partition coefficient (Wildman–Crippen LogP) is 2.19. The average molecular weight is 364 g/mol. The standard InChI is InChI=1S/C19H24O7/c1-22-13-9-8-12(10-16(13)25-4)18(21)17(11-20)26-19-14(23-2)6-5-7-15(19)24-3/h5-10,17-18,20-21H,11H2,1-4H3/t17-,18-/m1/s1. The molecule has 0 saturated heterocycles. The van der Waals surface area contributed by atoms with Gasteiger partial charge < -0.3 is 33.9 Å². The molecule has 7 heteroatoms. The van der Waals surface area contributed by atoms with Crippen molar-refractivity contribution in [1.29, 1.82) is 0 Å². The van der Waals surface area contributed by atoms with Crippen LogP contribution >= 0.6 is 0 Å². The van der Waals surface area contributed by atoms with E-state index in [2.05, 4.69) is 0 Å². The summed E-state index contributed by atoms with van der Waals surface area (Å²) < 4.78 is 26.8. The number of para-hydroxylation sites is 1. The minimum absolute atomic E-state index is 0.302. The Labute approximate surface area is 152 Å². The zero-order chi connectivity index (χ0) is 19.1. The highest BCUT2D eigenvalue weighted by Gasteiger charge is 2.26. The lowest BCUT2D eigenvalue weighted by molar-refractivity contribution is -0.00174. The van der Waals surface area contributed by atoms with Crippen molar-refractivity contribution < 1.29 is 33.9 Å². The van der Waals surface area contributed by atoms with Crippen LogP contribution in [0.5, 0.6) is 28.7 Å². The summed E-state index contributed by atoms with van der Waals surface area (Å²) in [7, 11) is 6.04. The zero-order valence-corrected chi connectivity index (χ0v) is 15.3. The van der Waals surface area contributed by atoms with Gasteiger partial charge in [-0.2, -0.15) is 0 Å². The van der Waals surface area contributed by atoms with E-state index in [0.29, 0.717) is 34.3 Å². The lowest BCUT2D eigenvalue weighted by Gasteiger charge is -2.25. The second kappa shape index (κ2) is 9.17. The number of hydrogen-bond acceptors (Lipinski definition) is 7. The molecule has 2 atom stereocenters. The molecular formula is C19H24O7. The lowest BCUT2D eigenvalue weighted by Crippen LogP contribution is -2.29. The van der Waals surface area contributed by atoms with Crippen molar-refractivity contribution in [3.05, 3.63) is 42.0 Å². The maximum atomic E-state index is 10.7. The monoisotopic (exact) mass is 364 g/mol. The van der Waals surface area contributed by atoms with Gasteiger partial charge in [0.05, 0.1) is 35.0 Å². The summed E-state index contributed by atoms with van der Waals surface area (Å²) >= 11 is 0. The third kappa shape index (κ3) is 4.12. The fraction of sp³-hybridized carbons (Fsp3) is 0.368. The molecule has 0 fully saturated rings. The normalized spacial score (nSPS) is 12.8. The molecule has 0 saturated carbocycles. The number of benzene rings is 2. The van der Waals surface area contributed by atoms with Crippen LogP contribution in [0.25, 0.3) is 0 Å². The summed E-state index contributed by atoms with van der Waals surface area (Å²) in [4.78, 5) is 0. The van der Waals surface area contributed by atoms with Crippen LogP contribution in [-0.4, -0.2) is 51.4 Å². The van der Waals surface area contributed by atoms with Crippen LogP contribution < -0.4 is 23.7 Å². The predicted molar refractivity (Wildman–Crippen MR) is 95.6 cm³/mol. The highest BCUT2D eigenvalue weighted by atomic mass is 16.6. The van der Waals surface area contributed by atoms with Crippen molar-refractivity contribution in [2.45, 2.75) is 12.2 Å². The van der Waals surface area contributed by atoms with Crippen LogP contribution in [0.1, 0.15) is 11.7 Å². The Morgan fingerprint density at radius 3 is 1.88 bits per heavy atom. The number of rotatable bonds is 9. The van der Waals surface area contributed by atoms with Crippen LogP contribution in [0, 0.1) is 0 Å². The molecule has 0 aliphatic carbocycles. The van der Waals surface area contributed by atoms with Gasteiger partial charge in [0, 0.05) is 0 Å².